The molecule has 0 spiro atoms. The maximum atomic E-state index is 4.41. The van der Waals surface area contributed by atoms with Crippen molar-refractivity contribution in [1.82, 2.24) is 20.5 Å². The third-order valence-corrected chi connectivity index (χ3v) is 4.37. The normalized spacial score (nSPS) is 15.1. The van der Waals surface area contributed by atoms with Gasteiger partial charge in [0.2, 0.25) is 0 Å². The Labute approximate surface area is 108 Å². The maximum Gasteiger partial charge on any atom is 0.180 e. The van der Waals surface area contributed by atoms with Gasteiger partial charge in [-0.25, -0.2) is 4.98 Å². The van der Waals surface area contributed by atoms with Crippen molar-refractivity contribution >= 4 is 23.1 Å². The molecule has 0 bridgehead atoms. The number of hydrogen-bond acceptors (Lipinski definition) is 6. The molecule has 1 aliphatic carbocycles. The van der Waals surface area contributed by atoms with Gasteiger partial charge in [0.1, 0.15) is 10.5 Å². The first kappa shape index (κ1) is 11.1. The van der Waals surface area contributed by atoms with Gasteiger partial charge in [0.05, 0.1) is 0 Å². The molecule has 0 radical (unpaired) electrons. The van der Waals surface area contributed by atoms with Crippen LogP contribution in [-0.4, -0.2) is 21.2 Å². The largest absolute Gasteiger partial charge is 0.310 e. The van der Waals surface area contributed by atoms with E-state index in [-0.39, 0.29) is 0 Å². The molecule has 88 valence electrons. The van der Waals surface area contributed by atoms with Crippen LogP contribution in [0.5, 0.6) is 0 Å². The minimum atomic E-state index is 0.717. The van der Waals surface area contributed by atoms with Crippen molar-refractivity contribution in [2.75, 3.05) is 0 Å². The Bertz CT molecular complexity index is 482. The highest BCUT2D eigenvalue weighted by atomic mass is 32.2. The zero-order valence-corrected chi connectivity index (χ0v) is 10.8. The molecule has 2 aromatic heterocycles. The molecular formula is C11H12N4S2. The van der Waals surface area contributed by atoms with Crippen LogP contribution >= 0.6 is 23.1 Å². The molecule has 1 aliphatic rings. The summed E-state index contributed by atoms with van der Waals surface area (Å²) in [7, 11) is 0. The summed E-state index contributed by atoms with van der Waals surface area (Å²) in [5.41, 5.74) is 2.98. The number of nitrogens with zero attached hydrogens (tertiary/aromatic N) is 3. The highest BCUT2D eigenvalue weighted by Gasteiger charge is 2.20. The van der Waals surface area contributed by atoms with Crippen LogP contribution in [0.25, 0.3) is 0 Å². The fourth-order valence-electron chi connectivity index (χ4n) is 1.48. The van der Waals surface area contributed by atoms with Crippen molar-refractivity contribution in [2.45, 2.75) is 34.8 Å². The molecule has 0 aromatic carbocycles. The third kappa shape index (κ3) is 3.02. The second-order valence-electron chi connectivity index (χ2n) is 3.93. The molecule has 1 fully saturated rings. The Morgan fingerprint density at radius 2 is 2.41 bits per heavy atom. The minimum absolute atomic E-state index is 0.717. The predicted molar refractivity (Wildman–Crippen MR) is 68.1 cm³/mol. The van der Waals surface area contributed by atoms with Gasteiger partial charge in [-0.2, -0.15) is 0 Å². The van der Waals surface area contributed by atoms with E-state index < -0.39 is 0 Å². The lowest BCUT2D eigenvalue weighted by atomic mass is 10.3. The maximum absolute atomic E-state index is 4.41. The van der Waals surface area contributed by atoms with Crippen LogP contribution < -0.4 is 5.32 Å². The SMILES string of the molecule is c1cnc(Sc2nncs2)c(CNC2CC2)c1. The van der Waals surface area contributed by atoms with Gasteiger partial charge in [0.15, 0.2) is 4.34 Å². The van der Waals surface area contributed by atoms with Gasteiger partial charge in [-0.1, -0.05) is 17.4 Å². The van der Waals surface area contributed by atoms with Crippen LogP contribution in [0, 0.1) is 0 Å². The molecule has 6 heteroatoms. The standard InChI is InChI=1S/C11H12N4S2/c1-2-8(6-13-9-3-4-9)10(12-5-1)17-11-15-14-7-16-11/h1-2,5,7,9,13H,3-4,6H2. The molecule has 0 aliphatic heterocycles. The van der Waals surface area contributed by atoms with Crippen LogP contribution in [0.1, 0.15) is 18.4 Å². The van der Waals surface area contributed by atoms with E-state index in [9.17, 15) is 0 Å². The quantitative estimate of drug-likeness (QED) is 0.898. The van der Waals surface area contributed by atoms with E-state index in [1.54, 1.807) is 28.6 Å². The Morgan fingerprint density at radius 3 is 3.18 bits per heavy atom. The van der Waals surface area contributed by atoms with Crippen molar-refractivity contribution in [2.24, 2.45) is 0 Å². The third-order valence-electron chi connectivity index (χ3n) is 2.53. The van der Waals surface area contributed by atoms with Gasteiger partial charge in [0.25, 0.3) is 0 Å². The number of hydrogen-bond donors (Lipinski definition) is 1. The second-order valence-corrected chi connectivity index (χ2v) is 6.00. The summed E-state index contributed by atoms with van der Waals surface area (Å²) < 4.78 is 0.941. The van der Waals surface area contributed by atoms with Gasteiger partial charge in [-0.3, -0.25) is 0 Å². The van der Waals surface area contributed by atoms with Gasteiger partial charge in [0, 0.05) is 18.8 Å². The molecule has 0 amide bonds. The van der Waals surface area contributed by atoms with Crippen LogP contribution in [0.15, 0.2) is 33.2 Å². The zero-order valence-electron chi connectivity index (χ0n) is 9.17. The van der Waals surface area contributed by atoms with Crippen molar-refractivity contribution in [3.05, 3.63) is 29.4 Å². The van der Waals surface area contributed by atoms with Crippen LogP contribution in [0.3, 0.4) is 0 Å². The summed E-state index contributed by atoms with van der Waals surface area (Å²) in [6, 6.07) is 4.81. The lowest BCUT2D eigenvalue weighted by Gasteiger charge is -2.06. The average Bonchev–Trinajstić information content (AvgIpc) is 3.05. The Kier molecular flexibility index (Phi) is 3.35. The highest BCUT2D eigenvalue weighted by Crippen LogP contribution is 2.29. The number of aromatic nitrogens is 3. The topological polar surface area (TPSA) is 50.7 Å². The minimum Gasteiger partial charge on any atom is -0.310 e. The van der Waals surface area contributed by atoms with E-state index >= 15 is 0 Å². The summed E-state index contributed by atoms with van der Waals surface area (Å²) in [6.45, 7) is 0.889. The predicted octanol–water partition coefficient (Wildman–Crippen LogP) is 2.34. The van der Waals surface area contributed by atoms with Gasteiger partial charge < -0.3 is 5.32 Å². The molecule has 0 saturated heterocycles. The molecule has 3 rings (SSSR count). The molecule has 2 heterocycles. The molecule has 1 saturated carbocycles. The van der Waals surface area contributed by atoms with E-state index in [1.165, 1.54) is 18.4 Å². The molecular weight excluding hydrogens is 252 g/mol. The second kappa shape index (κ2) is 5.12. The summed E-state index contributed by atoms with van der Waals surface area (Å²) in [4.78, 5) is 4.41. The smallest absolute Gasteiger partial charge is 0.180 e. The summed E-state index contributed by atoms with van der Waals surface area (Å²) >= 11 is 3.13. The lowest BCUT2D eigenvalue weighted by Crippen LogP contribution is -2.16. The molecule has 17 heavy (non-hydrogen) atoms. The van der Waals surface area contributed by atoms with Crippen molar-refractivity contribution < 1.29 is 0 Å². The number of nitrogens with one attached hydrogen (secondary N) is 1. The molecule has 4 nitrogen and oxygen atoms in total. The first-order chi connectivity index (χ1) is 8.42. The van der Waals surface area contributed by atoms with Crippen molar-refractivity contribution in [3.63, 3.8) is 0 Å². The van der Waals surface area contributed by atoms with Gasteiger partial charge in [-0.05, 0) is 36.2 Å². The fourth-order valence-corrected chi connectivity index (χ4v) is 2.96. The zero-order chi connectivity index (χ0) is 11.5. The monoisotopic (exact) mass is 264 g/mol. The summed E-state index contributed by atoms with van der Waals surface area (Å²) in [5.74, 6) is 0. The van der Waals surface area contributed by atoms with E-state index in [0.29, 0.717) is 0 Å². The van der Waals surface area contributed by atoms with Crippen molar-refractivity contribution in [1.29, 1.82) is 0 Å². The van der Waals surface area contributed by atoms with Gasteiger partial charge >= 0.3 is 0 Å². The van der Waals surface area contributed by atoms with E-state index in [2.05, 4.69) is 26.6 Å². The van der Waals surface area contributed by atoms with Crippen LogP contribution in [0.4, 0.5) is 0 Å². The lowest BCUT2D eigenvalue weighted by molar-refractivity contribution is 0.675. The summed E-state index contributed by atoms with van der Waals surface area (Å²) in [5, 5.41) is 12.4. The number of rotatable bonds is 5. The average molecular weight is 264 g/mol. The fraction of sp³-hybridized carbons (Fsp3) is 0.364. The van der Waals surface area contributed by atoms with E-state index in [0.717, 1.165) is 22.0 Å². The molecule has 2 aromatic rings. The van der Waals surface area contributed by atoms with Crippen LogP contribution in [0.2, 0.25) is 0 Å². The van der Waals surface area contributed by atoms with E-state index in [4.69, 9.17) is 0 Å². The molecule has 0 unspecified atom stereocenters. The Hall–Kier alpha value is -0.980. The number of pyridine rings is 1. The Morgan fingerprint density at radius 1 is 1.47 bits per heavy atom. The van der Waals surface area contributed by atoms with E-state index in [1.807, 2.05) is 12.3 Å². The highest BCUT2D eigenvalue weighted by molar-refractivity contribution is 8.01. The first-order valence-corrected chi connectivity index (χ1v) is 7.23. The summed E-state index contributed by atoms with van der Waals surface area (Å²) in [6.07, 6.45) is 4.43. The van der Waals surface area contributed by atoms with Gasteiger partial charge in [-0.15, -0.1) is 10.2 Å². The Balaban J connectivity index is 1.72. The molecule has 1 N–H and O–H groups in total. The first-order valence-electron chi connectivity index (χ1n) is 5.53. The van der Waals surface area contributed by atoms with Crippen LogP contribution in [-0.2, 0) is 6.54 Å². The van der Waals surface area contributed by atoms with Crippen molar-refractivity contribution in [3.8, 4) is 0 Å². The molecule has 0 atom stereocenters.